The molecule has 7 heteroatoms. The van der Waals surface area contributed by atoms with E-state index in [0.717, 1.165) is 27.7 Å². The number of aromatic nitrogens is 4. The summed E-state index contributed by atoms with van der Waals surface area (Å²) >= 11 is 0. The molecular weight excluding hydrogens is 356 g/mol. The van der Waals surface area contributed by atoms with Gasteiger partial charge in [-0.2, -0.15) is 0 Å². The highest BCUT2D eigenvalue weighted by molar-refractivity contribution is 5.82. The van der Waals surface area contributed by atoms with Gasteiger partial charge in [-0.1, -0.05) is 17.3 Å². The number of hydrogen-bond acceptors (Lipinski definition) is 6. The number of rotatable bonds is 5. The Labute approximate surface area is 164 Å². The summed E-state index contributed by atoms with van der Waals surface area (Å²) in [6.45, 7) is 7.43. The maximum absolute atomic E-state index is 12.7. The number of carbonyl (C=O) groups excluding carboxylic acids is 1. The van der Waals surface area contributed by atoms with Crippen LogP contribution in [0.5, 0.6) is 0 Å². The molecule has 0 aliphatic heterocycles. The van der Waals surface area contributed by atoms with Gasteiger partial charge >= 0.3 is 5.97 Å². The first-order valence-corrected chi connectivity index (χ1v) is 9.17. The number of aliphatic hydroxyl groups excluding tert-OH is 1. The van der Waals surface area contributed by atoms with E-state index >= 15 is 0 Å². The molecule has 1 unspecified atom stereocenters. The fourth-order valence-electron chi connectivity index (χ4n) is 3.77. The third-order valence-corrected chi connectivity index (χ3v) is 5.49. The third-order valence-electron chi connectivity index (χ3n) is 5.49. The van der Waals surface area contributed by atoms with Crippen LogP contribution in [0.2, 0.25) is 0 Å². The minimum Gasteiger partial charge on any atom is -0.469 e. The predicted octanol–water partition coefficient (Wildman–Crippen LogP) is 2.80. The molecule has 7 nitrogen and oxygen atoms in total. The van der Waals surface area contributed by atoms with Crippen molar-refractivity contribution in [1.82, 2.24) is 20.0 Å². The first kappa shape index (κ1) is 19.9. The molecule has 3 rings (SSSR count). The molecule has 0 radical (unpaired) electrons. The first-order chi connectivity index (χ1) is 13.2. The molecule has 2 heterocycles. The standard InChI is InChI=1S/C21H26N4O3/c1-12-7-9-15(22-16(12)11-26)18(21(3,4)20(27)28-6)14-8-10-17-19(13(14)2)23-24-25(17)5/h7-10,18,26H,11H2,1-6H3. The van der Waals surface area contributed by atoms with Crippen molar-refractivity contribution in [2.75, 3.05) is 7.11 Å². The predicted molar refractivity (Wildman–Crippen MR) is 106 cm³/mol. The fourth-order valence-corrected chi connectivity index (χ4v) is 3.77. The van der Waals surface area contributed by atoms with Crippen molar-refractivity contribution in [2.24, 2.45) is 12.5 Å². The maximum atomic E-state index is 12.7. The van der Waals surface area contributed by atoms with Gasteiger partial charge in [-0.3, -0.25) is 9.78 Å². The zero-order valence-electron chi connectivity index (χ0n) is 17.1. The molecule has 0 amide bonds. The van der Waals surface area contributed by atoms with Gasteiger partial charge in [-0.05, 0) is 56.5 Å². The monoisotopic (exact) mass is 382 g/mol. The quantitative estimate of drug-likeness (QED) is 0.683. The van der Waals surface area contributed by atoms with Crippen molar-refractivity contribution in [3.8, 4) is 0 Å². The molecule has 1 atom stereocenters. The average molecular weight is 382 g/mol. The van der Waals surface area contributed by atoms with Crippen LogP contribution in [0.4, 0.5) is 0 Å². The van der Waals surface area contributed by atoms with Crippen LogP contribution in [0, 0.1) is 19.3 Å². The van der Waals surface area contributed by atoms with Gasteiger partial charge in [0.1, 0.15) is 5.52 Å². The second-order valence-corrected chi connectivity index (χ2v) is 7.66. The Morgan fingerprint density at radius 1 is 1.25 bits per heavy atom. The summed E-state index contributed by atoms with van der Waals surface area (Å²) < 4.78 is 6.83. The molecule has 2 aromatic heterocycles. The molecule has 3 aromatic rings. The lowest BCUT2D eigenvalue weighted by Crippen LogP contribution is -2.34. The van der Waals surface area contributed by atoms with Gasteiger partial charge in [0, 0.05) is 18.7 Å². The van der Waals surface area contributed by atoms with Crippen LogP contribution in [0.1, 0.15) is 47.8 Å². The molecule has 1 aromatic carbocycles. The van der Waals surface area contributed by atoms with Crippen LogP contribution in [-0.4, -0.2) is 38.2 Å². The smallest absolute Gasteiger partial charge is 0.312 e. The minimum atomic E-state index is -0.885. The van der Waals surface area contributed by atoms with Gasteiger partial charge in [-0.15, -0.1) is 5.10 Å². The van der Waals surface area contributed by atoms with Gasteiger partial charge in [0.2, 0.25) is 0 Å². The molecule has 1 N–H and O–H groups in total. The molecule has 28 heavy (non-hydrogen) atoms. The van der Waals surface area contributed by atoms with Crippen LogP contribution in [0.15, 0.2) is 24.3 Å². The Morgan fingerprint density at radius 2 is 1.96 bits per heavy atom. The molecule has 0 bridgehead atoms. The van der Waals surface area contributed by atoms with Gasteiger partial charge in [0.25, 0.3) is 0 Å². The molecule has 0 aliphatic rings. The van der Waals surface area contributed by atoms with Crippen molar-refractivity contribution in [3.63, 3.8) is 0 Å². The van der Waals surface area contributed by atoms with E-state index in [1.54, 1.807) is 4.68 Å². The number of pyridine rings is 1. The second kappa shape index (κ2) is 7.31. The van der Waals surface area contributed by atoms with Gasteiger partial charge < -0.3 is 9.84 Å². The summed E-state index contributed by atoms with van der Waals surface area (Å²) in [5.74, 6) is -0.707. The van der Waals surface area contributed by atoms with E-state index in [1.165, 1.54) is 7.11 Å². The van der Waals surface area contributed by atoms with E-state index in [0.29, 0.717) is 11.4 Å². The molecular formula is C21H26N4O3. The highest BCUT2D eigenvalue weighted by Gasteiger charge is 2.42. The first-order valence-electron chi connectivity index (χ1n) is 9.17. The molecule has 148 valence electrons. The number of fused-ring (bicyclic) bond motifs is 1. The molecule has 0 saturated carbocycles. The highest BCUT2D eigenvalue weighted by Crippen LogP contribution is 2.43. The molecule has 0 spiro atoms. The lowest BCUT2D eigenvalue weighted by Gasteiger charge is -2.33. The molecule has 0 aliphatic carbocycles. The Kier molecular flexibility index (Phi) is 5.21. The molecule has 0 fully saturated rings. The van der Waals surface area contributed by atoms with E-state index in [-0.39, 0.29) is 18.5 Å². The summed E-state index contributed by atoms with van der Waals surface area (Å²) in [6.07, 6.45) is 0. The summed E-state index contributed by atoms with van der Waals surface area (Å²) in [5.41, 5.74) is 4.91. The Balaban J connectivity index is 2.28. The SMILES string of the molecule is COC(=O)C(C)(C)C(c1ccc(C)c(CO)n1)c1ccc2c(nnn2C)c1C. The van der Waals surface area contributed by atoms with E-state index in [2.05, 4.69) is 15.3 Å². The lowest BCUT2D eigenvalue weighted by molar-refractivity contribution is -0.151. The number of nitrogens with zero attached hydrogens (tertiary/aromatic N) is 4. The number of aliphatic hydroxyl groups is 1. The maximum Gasteiger partial charge on any atom is 0.312 e. The largest absolute Gasteiger partial charge is 0.469 e. The van der Waals surface area contributed by atoms with Crippen molar-refractivity contribution in [2.45, 2.75) is 40.2 Å². The highest BCUT2D eigenvalue weighted by atomic mass is 16.5. The van der Waals surface area contributed by atoms with Crippen molar-refractivity contribution < 1.29 is 14.6 Å². The number of benzene rings is 1. The summed E-state index contributed by atoms with van der Waals surface area (Å²) in [4.78, 5) is 17.4. The van der Waals surface area contributed by atoms with Gasteiger partial charge in [-0.25, -0.2) is 4.68 Å². The normalized spacial score (nSPS) is 13.0. The number of hydrogen-bond donors (Lipinski definition) is 1. The third kappa shape index (κ3) is 3.16. The van der Waals surface area contributed by atoms with Crippen molar-refractivity contribution in [3.05, 3.63) is 52.3 Å². The van der Waals surface area contributed by atoms with E-state index < -0.39 is 5.41 Å². The van der Waals surface area contributed by atoms with Gasteiger partial charge in [0.05, 0.1) is 30.3 Å². The average Bonchev–Trinajstić information content (AvgIpc) is 3.05. The van der Waals surface area contributed by atoms with Crippen molar-refractivity contribution >= 4 is 17.0 Å². The Hall–Kier alpha value is -2.80. The van der Waals surface area contributed by atoms with Crippen LogP contribution in [-0.2, 0) is 23.2 Å². The van der Waals surface area contributed by atoms with Crippen LogP contribution in [0.25, 0.3) is 11.0 Å². The topological polar surface area (TPSA) is 90.1 Å². The summed E-state index contributed by atoms with van der Waals surface area (Å²) in [5, 5.41) is 18.1. The zero-order valence-corrected chi connectivity index (χ0v) is 17.1. The number of carbonyl (C=O) groups is 1. The van der Waals surface area contributed by atoms with Crippen LogP contribution < -0.4 is 0 Å². The molecule has 0 saturated heterocycles. The van der Waals surface area contributed by atoms with E-state index in [1.807, 2.05) is 59.0 Å². The fraction of sp³-hybridized carbons (Fsp3) is 0.429. The number of methoxy groups -OCH3 is 1. The number of aryl methyl sites for hydroxylation is 3. The second-order valence-electron chi connectivity index (χ2n) is 7.66. The Bertz CT molecular complexity index is 1040. The summed E-state index contributed by atoms with van der Waals surface area (Å²) in [6, 6.07) is 7.78. The lowest BCUT2D eigenvalue weighted by atomic mass is 9.71. The van der Waals surface area contributed by atoms with Crippen LogP contribution >= 0.6 is 0 Å². The minimum absolute atomic E-state index is 0.159. The van der Waals surface area contributed by atoms with Crippen molar-refractivity contribution in [1.29, 1.82) is 0 Å². The summed E-state index contributed by atoms with van der Waals surface area (Å²) in [7, 11) is 3.24. The number of ether oxygens (including phenoxy) is 1. The Morgan fingerprint density at radius 3 is 2.61 bits per heavy atom. The van der Waals surface area contributed by atoms with E-state index in [4.69, 9.17) is 4.74 Å². The zero-order chi connectivity index (χ0) is 20.6. The number of esters is 1. The van der Waals surface area contributed by atoms with Crippen LogP contribution in [0.3, 0.4) is 0 Å². The van der Waals surface area contributed by atoms with E-state index in [9.17, 15) is 9.90 Å². The van der Waals surface area contributed by atoms with Gasteiger partial charge in [0.15, 0.2) is 0 Å².